The molecule has 24 aromatic carbocycles. The van der Waals surface area contributed by atoms with Crippen LogP contribution in [0, 0.1) is 0 Å². The fourth-order valence-electron chi connectivity index (χ4n) is 23.4. The fourth-order valence-corrected chi connectivity index (χ4v) is 23.4. The zero-order valence-electron chi connectivity index (χ0n) is 78.9. The molecule has 3 heteroatoms. The van der Waals surface area contributed by atoms with E-state index in [0.717, 1.165) is 123 Å². The zero-order chi connectivity index (χ0) is 94.0. The van der Waals surface area contributed by atoms with Gasteiger partial charge in [0.25, 0.3) is 0 Å². The molecule has 0 aliphatic heterocycles. The summed E-state index contributed by atoms with van der Waals surface area (Å²) in [6.45, 7) is 9.58. The van der Waals surface area contributed by atoms with Gasteiger partial charge in [0.05, 0.1) is 17.1 Å². The molecule has 0 spiro atoms. The number of hydrogen-bond acceptors (Lipinski definition) is 3. The summed E-state index contributed by atoms with van der Waals surface area (Å²) in [6, 6.07) is 193. The number of nitrogens with zero attached hydrogens (tertiary/aromatic N) is 3. The van der Waals surface area contributed by atoms with Gasteiger partial charge in [-0.1, -0.05) is 440 Å². The van der Waals surface area contributed by atoms with Crippen LogP contribution in [0.15, 0.2) is 516 Å². The lowest BCUT2D eigenvalue weighted by Crippen LogP contribution is -2.17. The molecule has 0 unspecified atom stereocenters. The van der Waals surface area contributed by atoms with Gasteiger partial charge in [-0.2, -0.15) is 0 Å². The number of hydrogen-bond donors (Lipinski definition) is 0. The average Bonchev–Trinajstić information content (AvgIpc) is 1.14. The normalized spacial score (nSPS) is 12.7. The van der Waals surface area contributed by atoms with Gasteiger partial charge < -0.3 is 14.7 Å². The average molecular weight is 1800 g/mol. The molecule has 0 amide bonds. The first kappa shape index (κ1) is 83.8. The lowest BCUT2D eigenvalue weighted by Gasteiger charge is -2.32. The number of anilines is 9. The molecular weight excluding hydrogens is 1700 g/mol. The summed E-state index contributed by atoms with van der Waals surface area (Å²) in [4.78, 5) is 7.66. The Bertz CT molecular complexity index is 9000. The highest BCUT2D eigenvalue weighted by Gasteiger charge is 2.39. The molecular formula is C138H97N3. The van der Waals surface area contributed by atoms with Crippen LogP contribution >= 0.6 is 0 Å². The molecule has 2 aliphatic carbocycles. The van der Waals surface area contributed by atoms with Crippen molar-refractivity contribution in [1.82, 2.24) is 0 Å². The molecule has 3 nitrogen and oxygen atoms in total. The van der Waals surface area contributed by atoms with Crippen molar-refractivity contribution in [3.05, 3.63) is 538 Å². The Morgan fingerprint density at radius 2 is 0.333 bits per heavy atom. The maximum atomic E-state index is 2.59. The number of fused-ring (bicyclic) bond motifs is 15. The van der Waals surface area contributed by atoms with Gasteiger partial charge in [-0.15, -0.1) is 0 Å². The van der Waals surface area contributed by atoms with E-state index in [1.54, 1.807) is 0 Å². The van der Waals surface area contributed by atoms with Crippen LogP contribution in [-0.4, -0.2) is 0 Å². The van der Waals surface area contributed by atoms with Gasteiger partial charge in [0, 0.05) is 77.8 Å². The van der Waals surface area contributed by atoms with Crippen molar-refractivity contribution in [3.63, 3.8) is 0 Å². The molecule has 2 aliphatic rings. The third kappa shape index (κ3) is 14.2. The Labute approximate surface area is 823 Å². The highest BCUT2D eigenvalue weighted by molar-refractivity contribution is 6.26. The van der Waals surface area contributed by atoms with E-state index in [9.17, 15) is 0 Å². The monoisotopic (exact) mass is 1800 g/mol. The summed E-state index contributed by atoms with van der Waals surface area (Å²) in [6.07, 6.45) is 0. The van der Waals surface area contributed by atoms with Crippen molar-refractivity contribution < 1.29 is 0 Å². The predicted octanol–water partition coefficient (Wildman–Crippen LogP) is 38.6. The van der Waals surface area contributed by atoms with Crippen LogP contribution in [0.1, 0.15) is 49.9 Å². The van der Waals surface area contributed by atoms with Gasteiger partial charge in [-0.25, -0.2) is 0 Å². The molecule has 664 valence electrons. The second-order valence-electron chi connectivity index (χ2n) is 38.9. The van der Waals surface area contributed by atoms with Crippen LogP contribution in [0.3, 0.4) is 0 Å². The molecule has 0 N–H and O–H groups in total. The highest BCUT2D eigenvalue weighted by atomic mass is 15.2. The van der Waals surface area contributed by atoms with Gasteiger partial charge in [0.1, 0.15) is 0 Å². The van der Waals surface area contributed by atoms with E-state index < -0.39 is 0 Å². The lowest BCUT2D eigenvalue weighted by molar-refractivity contribution is 0.660. The van der Waals surface area contributed by atoms with Crippen LogP contribution in [-0.2, 0) is 10.8 Å². The van der Waals surface area contributed by atoms with Crippen LogP contribution < -0.4 is 14.7 Å². The Kier molecular flexibility index (Phi) is 20.3. The summed E-state index contributed by atoms with van der Waals surface area (Å²) in [5.41, 5.74) is 40.3. The van der Waals surface area contributed by atoms with Crippen LogP contribution in [0.2, 0.25) is 0 Å². The van der Waals surface area contributed by atoms with Crippen molar-refractivity contribution >= 4 is 116 Å². The molecule has 141 heavy (non-hydrogen) atoms. The third-order valence-electron chi connectivity index (χ3n) is 30.2. The van der Waals surface area contributed by atoms with Crippen molar-refractivity contribution in [2.75, 3.05) is 14.7 Å². The smallest absolute Gasteiger partial charge is 0.0624 e. The zero-order valence-corrected chi connectivity index (χ0v) is 78.9. The Morgan fingerprint density at radius 1 is 0.128 bits per heavy atom. The lowest BCUT2D eigenvalue weighted by atomic mass is 9.82. The minimum Gasteiger partial charge on any atom is -0.309 e. The van der Waals surface area contributed by atoms with Crippen LogP contribution in [0.5, 0.6) is 0 Å². The van der Waals surface area contributed by atoms with E-state index >= 15 is 0 Å². The van der Waals surface area contributed by atoms with Crippen molar-refractivity contribution in [2.24, 2.45) is 0 Å². The first-order valence-electron chi connectivity index (χ1n) is 49.2. The Hall–Kier alpha value is -17.8. The fraction of sp³-hybridized carbons (Fsp3) is 0.0435. The van der Waals surface area contributed by atoms with Gasteiger partial charge in [0.2, 0.25) is 0 Å². The van der Waals surface area contributed by atoms with E-state index in [-0.39, 0.29) is 10.8 Å². The molecule has 0 atom stereocenters. The van der Waals surface area contributed by atoms with Crippen LogP contribution in [0.4, 0.5) is 51.2 Å². The minimum atomic E-state index is -0.287. The van der Waals surface area contributed by atoms with Gasteiger partial charge in [0.15, 0.2) is 0 Å². The summed E-state index contributed by atoms with van der Waals surface area (Å²) < 4.78 is 0. The maximum Gasteiger partial charge on any atom is 0.0624 e. The number of benzene rings is 24. The van der Waals surface area contributed by atoms with E-state index in [1.807, 2.05) is 0 Å². The third-order valence-corrected chi connectivity index (χ3v) is 30.2. The molecule has 26 rings (SSSR count). The van der Waals surface area contributed by atoms with E-state index in [1.165, 1.54) is 137 Å². The standard InChI is InChI=1S/C138H97N3/c1-137(2)127-61-31-29-53-117(127)119-81-79-109(88-129(119)137)140(107-71-63-93(64-72-107)90-35-9-5-10-36-90)135-125-59-27-21-51-115(125)112-48-18-24-56-122(112)132(135)101-46-34-44-99(84-101)95-67-75-108(76-68-95)141(110-80-82-120-118-54-30-32-62-128(118)138(3,4)130(120)89-110)136-126-60-28-22-52-116(126)113-49-19-25-57-123(113)133(136)100-45-33-43-98(83-100)94-65-73-105(74-66-94)139(134-124-58-26-20-50-114(124)111-47-17-23-55-121(111)131(134)97-41-15-8-16-42-97)106-77-69-96(70-78-106)104-86-102(91-37-11-6-12-38-91)85-103(87-104)92-39-13-7-14-40-92/h5-89H,1-4H3. The van der Waals surface area contributed by atoms with Gasteiger partial charge in [-0.3, -0.25) is 0 Å². The second kappa shape index (κ2) is 34.2. The van der Waals surface area contributed by atoms with Gasteiger partial charge in [-0.05, 0) is 280 Å². The van der Waals surface area contributed by atoms with E-state index in [4.69, 9.17) is 0 Å². The van der Waals surface area contributed by atoms with Crippen LogP contribution in [0.25, 0.3) is 187 Å². The summed E-state index contributed by atoms with van der Waals surface area (Å²) in [5, 5.41) is 14.2. The van der Waals surface area contributed by atoms with Crippen molar-refractivity contribution in [3.8, 4) is 122 Å². The molecule has 24 aromatic rings. The topological polar surface area (TPSA) is 9.72 Å². The Balaban J connectivity index is 0.627. The van der Waals surface area contributed by atoms with E-state index in [0.29, 0.717) is 0 Å². The Morgan fingerprint density at radius 3 is 0.667 bits per heavy atom. The van der Waals surface area contributed by atoms with Crippen molar-refractivity contribution in [1.29, 1.82) is 0 Å². The first-order valence-corrected chi connectivity index (χ1v) is 49.2. The SMILES string of the molecule is CC1(C)c2ccccc2-c2ccc(N(c3ccc(-c4cccc(-c5c(N(c6ccc(-c7ccccc7)cc6)c6ccc7c(c6)C(C)(C)c6ccccc6-7)c6ccccc6c6ccccc56)c4)cc3)c3c(-c4cccc(-c5ccc(N(c6ccc(-c7cc(-c8ccccc8)cc(-c8ccccc8)c7)cc6)c6c(-c7ccccc7)c7ccccc7c7ccccc67)cc5)c4)c4ccccc4c4ccccc34)cc21. The molecule has 0 heterocycles. The largest absolute Gasteiger partial charge is 0.309 e. The summed E-state index contributed by atoms with van der Waals surface area (Å²) in [5.74, 6) is 0. The molecule has 0 aromatic heterocycles. The molecule has 0 saturated carbocycles. The molecule has 0 bridgehead atoms. The molecule has 0 saturated heterocycles. The number of rotatable bonds is 18. The highest BCUT2D eigenvalue weighted by Crippen LogP contribution is 2.59. The van der Waals surface area contributed by atoms with Crippen molar-refractivity contribution in [2.45, 2.75) is 38.5 Å². The van der Waals surface area contributed by atoms with E-state index in [2.05, 4.69) is 558 Å². The molecule has 0 fully saturated rings. The van der Waals surface area contributed by atoms with Gasteiger partial charge >= 0.3 is 0 Å². The maximum absolute atomic E-state index is 2.59. The predicted molar refractivity (Wildman–Crippen MR) is 600 cm³/mol. The summed E-state index contributed by atoms with van der Waals surface area (Å²) in [7, 11) is 0. The quantitative estimate of drug-likeness (QED) is 0.0793. The molecule has 0 radical (unpaired) electrons. The first-order chi connectivity index (χ1) is 69.5. The minimum absolute atomic E-state index is 0.235. The second-order valence-corrected chi connectivity index (χ2v) is 38.9. The summed E-state index contributed by atoms with van der Waals surface area (Å²) >= 11 is 0.